The van der Waals surface area contributed by atoms with Crippen LogP contribution in [-0.2, 0) is 4.74 Å². The molecule has 0 amide bonds. The second kappa shape index (κ2) is 6.06. The molecular weight excluding hydrogens is 338 g/mol. The zero-order valence-corrected chi connectivity index (χ0v) is 13.6. The number of thiophene rings is 1. The first-order valence-corrected chi connectivity index (χ1v) is 8.08. The molecule has 3 aromatic rings. The number of nitrogens with zero attached hydrogens (tertiary/aromatic N) is 1. The maximum atomic E-state index is 12.7. The highest BCUT2D eigenvalue weighted by Crippen LogP contribution is 2.35. The van der Waals surface area contributed by atoms with Crippen LogP contribution in [0.2, 0.25) is 5.02 Å². The SMILES string of the molecule is CCOC(=O)n1c(O)c(C(=O)c2cccs2)c2cc(Cl)ccc21. The summed E-state index contributed by atoms with van der Waals surface area (Å²) in [6, 6.07) is 8.10. The third-order valence-electron chi connectivity index (χ3n) is 3.33. The van der Waals surface area contributed by atoms with Crippen molar-refractivity contribution in [2.45, 2.75) is 6.92 Å². The van der Waals surface area contributed by atoms with Gasteiger partial charge in [-0.25, -0.2) is 9.36 Å². The van der Waals surface area contributed by atoms with Crippen LogP contribution in [0.3, 0.4) is 0 Å². The van der Waals surface area contributed by atoms with E-state index in [1.165, 1.54) is 11.3 Å². The molecule has 0 aliphatic heterocycles. The summed E-state index contributed by atoms with van der Waals surface area (Å²) in [6.45, 7) is 1.81. The van der Waals surface area contributed by atoms with E-state index in [-0.39, 0.29) is 18.0 Å². The van der Waals surface area contributed by atoms with Gasteiger partial charge in [0.05, 0.1) is 22.6 Å². The number of halogens is 1. The van der Waals surface area contributed by atoms with Gasteiger partial charge in [-0.05, 0) is 36.6 Å². The highest BCUT2D eigenvalue weighted by molar-refractivity contribution is 7.12. The van der Waals surface area contributed by atoms with Gasteiger partial charge in [0.1, 0.15) is 0 Å². The summed E-state index contributed by atoms with van der Waals surface area (Å²) in [5, 5.41) is 13.0. The highest BCUT2D eigenvalue weighted by Gasteiger charge is 2.27. The molecule has 0 atom stereocenters. The van der Waals surface area contributed by atoms with Gasteiger partial charge in [-0.1, -0.05) is 17.7 Å². The van der Waals surface area contributed by atoms with Crippen LogP contribution in [-0.4, -0.2) is 28.2 Å². The molecule has 0 fully saturated rings. The summed E-state index contributed by atoms with van der Waals surface area (Å²) < 4.78 is 5.94. The summed E-state index contributed by atoms with van der Waals surface area (Å²) >= 11 is 7.26. The second-order valence-electron chi connectivity index (χ2n) is 4.70. The van der Waals surface area contributed by atoms with Gasteiger partial charge in [0.15, 0.2) is 0 Å². The number of carbonyl (C=O) groups excluding carboxylic acids is 2. The minimum Gasteiger partial charge on any atom is -0.494 e. The van der Waals surface area contributed by atoms with Crippen LogP contribution in [0, 0.1) is 0 Å². The quantitative estimate of drug-likeness (QED) is 0.716. The first-order chi connectivity index (χ1) is 11.0. The number of ketones is 1. The summed E-state index contributed by atoms with van der Waals surface area (Å²) in [4.78, 5) is 25.3. The molecule has 7 heteroatoms. The van der Waals surface area contributed by atoms with E-state index in [1.807, 2.05) is 0 Å². The number of ether oxygens (including phenoxy) is 1. The summed E-state index contributed by atoms with van der Waals surface area (Å²) in [7, 11) is 0. The second-order valence-corrected chi connectivity index (χ2v) is 6.08. The van der Waals surface area contributed by atoms with E-state index in [4.69, 9.17) is 16.3 Å². The Morgan fingerprint density at radius 3 is 2.78 bits per heavy atom. The average Bonchev–Trinajstić information content (AvgIpc) is 3.12. The maximum Gasteiger partial charge on any atom is 0.421 e. The average molecular weight is 350 g/mol. The molecular formula is C16H12ClNO4S. The lowest BCUT2D eigenvalue weighted by atomic mass is 10.1. The van der Waals surface area contributed by atoms with Gasteiger partial charge in [0.25, 0.3) is 0 Å². The molecule has 0 saturated heterocycles. The lowest BCUT2D eigenvalue weighted by Crippen LogP contribution is -2.13. The highest BCUT2D eigenvalue weighted by atomic mass is 35.5. The van der Waals surface area contributed by atoms with Crippen LogP contribution in [0.1, 0.15) is 22.2 Å². The Balaban J connectivity index is 2.29. The fourth-order valence-electron chi connectivity index (χ4n) is 2.38. The molecule has 0 radical (unpaired) electrons. The molecule has 1 N–H and O–H groups in total. The number of hydrogen-bond acceptors (Lipinski definition) is 5. The Morgan fingerprint density at radius 2 is 2.13 bits per heavy atom. The maximum absolute atomic E-state index is 12.7. The van der Waals surface area contributed by atoms with Crippen molar-refractivity contribution < 1.29 is 19.4 Å². The number of hydrogen-bond donors (Lipinski definition) is 1. The summed E-state index contributed by atoms with van der Waals surface area (Å²) in [5.41, 5.74) is 0.406. The van der Waals surface area contributed by atoms with Crippen molar-refractivity contribution in [1.82, 2.24) is 4.57 Å². The van der Waals surface area contributed by atoms with E-state index in [0.29, 0.717) is 20.8 Å². The van der Waals surface area contributed by atoms with Gasteiger partial charge < -0.3 is 9.84 Å². The van der Waals surface area contributed by atoms with Crippen LogP contribution in [0.15, 0.2) is 35.7 Å². The lowest BCUT2D eigenvalue weighted by Gasteiger charge is -2.05. The first-order valence-electron chi connectivity index (χ1n) is 6.82. The van der Waals surface area contributed by atoms with E-state index in [0.717, 1.165) is 4.57 Å². The molecule has 0 saturated carbocycles. The van der Waals surface area contributed by atoms with Gasteiger partial charge in [-0.2, -0.15) is 0 Å². The van der Waals surface area contributed by atoms with E-state index >= 15 is 0 Å². The van der Waals surface area contributed by atoms with Crippen molar-refractivity contribution in [1.29, 1.82) is 0 Å². The molecule has 23 heavy (non-hydrogen) atoms. The zero-order valence-electron chi connectivity index (χ0n) is 12.1. The minimum atomic E-state index is -0.748. The Kier molecular flexibility index (Phi) is 4.11. The van der Waals surface area contributed by atoms with Gasteiger partial charge in [-0.15, -0.1) is 11.3 Å². The van der Waals surface area contributed by atoms with E-state index in [9.17, 15) is 14.7 Å². The van der Waals surface area contributed by atoms with E-state index in [1.54, 1.807) is 42.6 Å². The van der Waals surface area contributed by atoms with Crippen LogP contribution in [0.5, 0.6) is 5.88 Å². The third-order valence-corrected chi connectivity index (χ3v) is 4.43. The van der Waals surface area contributed by atoms with Crippen molar-refractivity contribution >= 4 is 45.7 Å². The Hall–Kier alpha value is -2.31. The number of rotatable bonds is 3. The normalized spacial score (nSPS) is 10.9. The number of carbonyl (C=O) groups is 2. The fraction of sp³-hybridized carbons (Fsp3) is 0.125. The minimum absolute atomic E-state index is 0.0398. The van der Waals surface area contributed by atoms with Gasteiger partial charge >= 0.3 is 6.09 Å². The third kappa shape index (κ3) is 2.60. The van der Waals surface area contributed by atoms with Crippen LogP contribution < -0.4 is 0 Å². The number of benzene rings is 1. The molecule has 2 aromatic heterocycles. The van der Waals surface area contributed by atoms with Crippen molar-refractivity contribution in [2.75, 3.05) is 6.61 Å². The standard InChI is InChI=1S/C16H12ClNO4S/c1-2-22-16(21)18-11-6-5-9(17)8-10(11)13(15(18)20)14(19)12-4-3-7-23-12/h3-8,20H,2H2,1H3. The smallest absolute Gasteiger partial charge is 0.421 e. The zero-order chi connectivity index (χ0) is 16.6. The van der Waals surface area contributed by atoms with Gasteiger partial charge in [0.2, 0.25) is 11.7 Å². The number of fused-ring (bicyclic) bond motifs is 1. The van der Waals surface area contributed by atoms with Crippen molar-refractivity contribution in [3.8, 4) is 5.88 Å². The molecule has 118 valence electrons. The van der Waals surface area contributed by atoms with Crippen molar-refractivity contribution in [3.63, 3.8) is 0 Å². The Bertz CT molecular complexity index is 899. The van der Waals surface area contributed by atoms with E-state index in [2.05, 4.69) is 0 Å². The number of aromatic hydroxyl groups is 1. The molecule has 0 aliphatic carbocycles. The molecule has 1 aromatic carbocycles. The van der Waals surface area contributed by atoms with Crippen molar-refractivity contribution in [3.05, 3.63) is 51.2 Å². The number of aromatic nitrogens is 1. The summed E-state index contributed by atoms with van der Waals surface area (Å²) in [6.07, 6.45) is -0.748. The molecule has 0 bridgehead atoms. The monoisotopic (exact) mass is 349 g/mol. The predicted octanol–water partition coefficient (Wildman–Crippen LogP) is 4.30. The van der Waals surface area contributed by atoms with Gasteiger partial charge in [0, 0.05) is 10.4 Å². The van der Waals surface area contributed by atoms with Gasteiger partial charge in [-0.3, -0.25) is 4.79 Å². The Labute approximate surface area is 140 Å². The van der Waals surface area contributed by atoms with Crippen LogP contribution >= 0.6 is 22.9 Å². The molecule has 0 unspecified atom stereocenters. The molecule has 0 aliphatic rings. The molecule has 3 rings (SSSR count). The molecule has 0 spiro atoms. The Morgan fingerprint density at radius 1 is 1.35 bits per heavy atom. The molecule has 5 nitrogen and oxygen atoms in total. The van der Waals surface area contributed by atoms with Crippen LogP contribution in [0.25, 0.3) is 10.9 Å². The van der Waals surface area contributed by atoms with Crippen molar-refractivity contribution in [2.24, 2.45) is 0 Å². The summed E-state index contributed by atoms with van der Waals surface area (Å²) in [5.74, 6) is -0.813. The fourth-order valence-corrected chi connectivity index (χ4v) is 3.22. The first kappa shape index (κ1) is 15.6. The molecule has 2 heterocycles. The predicted molar refractivity (Wildman–Crippen MR) is 88.8 cm³/mol. The largest absolute Gasteiger partial charge is 0.494 e. The van der Waals surface area contributed by atoms with Crippen LogP contribution in [0.4, 0.5) is 4.79 Å². The topological polar surface area (TPSA) is 68.5 Å². The van der Waals surface area contributed by atoms with E-state index < -0.39 is 12.0 Å². The lowest BCUT2D eigenvalue weighted by molar-refractivity contribution is 0.104.